The Kier molecular flexibility index (Phi) is 4.90. The molecule has 0 amide bonds. The first kappa shape index (κ1) is 17.2. The van der Waals surface area contributed by atoms with E-state index in [9.17, 15) is 4.79 Å². The van der Waals surface area contributed by atoms with E-state index in [1.807, 2.05) is 38.2 Å². The first-order valence-corrected chi connectivity index (χ1v) is 8.38. The van der Waals surface area contributed by atoms with Gasteiger partial charge >= 0.3 is 0 Å². The number of fused-ring (bicyclic) bond motifs is 1. The number of nitrogens with one attached hydrogen (secondary N) is 1. The van der Waals surface area contributed by atoms with Crippen LogP contribution >= 0.6 is 0 Å². The van der Waals surface area contributed by atoms with Gasteiger partial charge in [0.25, 0.3) is 5.56 Å². The first-order valence-electron chi connectivity index (χ1n) is 8.38. The summed E-state index contributed by atoms with van der Waals surface area (Å²) in [7, 11) is 3.74. The molecule has 0 saturated heterocycles. The van der Waals surface area contributed by atoms with Gasteiger partial charge in [0.1, 0.15) is 5.75 Å². The van der Waals surface area contributed by atoms with Gasteiger partial charge in [-0.15, -0.1) is 0 Å². The van der Waals surface area contributed by atoms with Gasteiger partial charge in [0.2, 0.25) is 0 Å². The lowest BCUT2D eigenvalue weighted by Gasteiger charge is -2.25. The maximum atomic E-state index is 12.2. The summed E-state index contributed by atoms with van der Waals surface area (Å²) in [6, 6.07) is 11.8. The number of aryl methyl sites for hydroxylation is 1. The Labute approximate surface area is 147 Å². The Balaban J connectivity index is 1.75. The zero-order valence-electron chi connectivity index (χ0n) is 15.1. The van der Waals surface area contributed by atoms with Crippen LogP contribution < -0.4 is 10.3 Å². The van der Waals surface area contributed by atoms with Gasteiger partial charge < -0.3 is 4.74 Å². The molecule has 0 radical (unpaired) electrons. The molecular formula is C19H24N4O2. The van der Waals surface area contributed by atoms with Crippen molar-refractivity contribution in [2.24, 2.45) is 0 Å². The molecule has 0 saturated carbocycles. The fourth-order valence-corrected chi connectivity index (χ4v) is 3.00. The predicted molar refractivity (Wildman–Crippen MR) is 98.2 cm³/mol. The summed E-state index contributed by atoms with van der Waals surface area (Å²) in [5.41, 5.74) is 3.44. The minimum Gasteiger partial charge on any atom is -0.496 e. The molecular weight excluding hydrogens is 316 g/mol. The van der Waals surface area contributed by atoms with Gasteiger partial charge in [-0.3, -0.25) is 14.8 Å². The Bertz CT molecular complexity index is 929. The maximum absolute atomic E-state index is 12.2. The van der Waals surface area contributed by atoms with E-state index in [0.29, 0.717) is 12.2 Å². The standard InChI is InChI=1S/C19H24N4O2/c1-13-9-18-20-16(11-19(24)23(18)21-13)12-22(3)14(2)10-15-7-5-6-8-17(15)25-4/h5-9,11,14,21H,10,12H2,1-4H3/t14-/m1/s1. The van der Waals surface area contributed by atoms with Crippen LogP contribution in [-0.2, 0) is 13.0 Å². The van der Waals surface area contributed by atoms with Gasteiger partial charge in [-0.05, 0) is 38.9 Å². The number of likely N-dealkylation sites (N-methyl/N-ethyl adjacent to an activating group) is 1. The summed E-state index contributed by atoms with van der Waals surface area (Å²) in [5.74, 6) is 0.906. The molecule has 1 N–H and O–H groups in total. The number of hydrogen-bond donors (Lipinski definition) is 1. The molecule has 0 spiro atoms. The van der Waals surface area contributed by atoms with E-state index in [1.165, 1.54) is 10.1 Å². The van der Waals surface area contributed by atoms with Crippen LogP contribution in [0.2, 0.25) is 0 Å². The van der Waals surface area contributed by atoms with Crippen LogP contribution in [0, 0.1) is 6.92 Å². The highest BCUT2D eigenvalue weighted by molar-refractivity contribution is 5.39. The largest absolute Gasteiger partial charge is 0.496 e. The third-order valence-electron chi connectivity index (χ3n) is 4.50. The fraction of sp³-hybridized carbons (Fsp3) is 0.368. The smallest absolute Gasteiger partial charge is 0.272 e. The zero-order chi connectivity index (χ0) is 18.0. The van der Waals surface area contributed by atoms with Crippen LogP contribution in [-0.4, -0.2) is 39.7 Å². The minimum absolute atomic E-state index is 0.0844. The van der Waals surface area contributed by atoms with Gasteiger partial charge in [0, 0.05) is 30.4 Å². The van der Waals surface area contributed by atoms with Crippen molar-refractivity contribution in [1.29, 1.82) is 0 Å². The van der Waals surface area contributed by atoms with E-state index in [0.717, 1.165) is 23.6 Å². The van der Waals surface area contributed by atoms with Crippen molar-refractivity contribution in [3.63, 3.8) is 0 Å². The van der Waals surface area contributed by atoms with E-state index >= 15 is 0 Å². The molecule has 0 aliphatic carbocycles. The lowest BCUT2D eigenvalue weighted by Crippen LogP contribution is -2.31. The van der Waals surface area contributed by atoms with Crippen molar-refractivity contribution in [3.05, 3.63) is 63.7 Å². The summed E-state index contributed by atoms with van der Waals surface area (Å²) >= 11 is 0. The number of aromatic nitrogens is 3. The summed E-state index contributed by atoms with van der Waals surface area (Å²) in [6.45, 7) is 4.69. The van der Waals surface area contributed by atoms with Crippen LogP contribution in [0.4, 0.5) is 0 Å². The number of benzene rings is 1. The molecule has 0 bridgehead atoms. The van der Waals surface area contributed by atoms with Crippen molar-refractivity contribution in [2.75, 3.05) is 14.2 Å². The fourth-order valence-electron chi connectivity index (χ4n) is 3.00. The van der Waals surface area contributed by atoms with Crippen LogP contribution in [0.5, 0.6) is 5.75 Å². The van der Waals surface area contributed by atoms with E-state index in [2.05, 4.69) is 28.0 Å². The van der Waals surface area contributed by atoms with E-state index in [1.54, 1.807) is 13.2 Å². The lowest BCUT2D eigenvalue weighted by atomic mass is 10.0. The van der Waals surface area contributed by atoms with Crippen LogP contribution in [0.3, 0.4) is 0 Å². The first-order chi connectivity index (χ1) is 12.0. The van der Waals surface area contributed by atoms with Crippen molar-refractivity contribution < 1.29 is 4.74 Å². The molecule has 1 atom stereocenters. The Hall–Kier alpha value is -2.60. The van der Waals surface area contributed by atoms with E-state index in [4.69, 9.17) is 4.74 Å². The van der Waals surface area contributed by atoms with Crippen LogP contribution in [0.1, 0.15) is 23.9 Å². The van der Waals surface area contributed by atoms with Crippen molar-refractivity contribution in [2.45, 2.75) is 32.9 Å². The van der Waals surface area contributed by atoms with Crippen molar-refractivity contribution >= 4 is 5.65 Å². The average molecular weight is 340 g/mol. The summed E-state index contributed by atoms with van der Waals surface area (Å²) in [5, 5.41) is 2.99. The molecule has 132 valence electrons. The predicted octanol–water partition coefficient (Wildman–Crippen LogP) is 2.40. The quantitative estimate of drug-likeness (QED) is 0.748. The molecule has 6 heteroatoms. The Morgan fingerprint density at radius 3 is 2.84 bits per heavy atom. The van der Waals surface area contributed by atoms with Gasteiger partial charge in [0.15, 0.2) is 5.65 Å². The number of H-pyrrole nitrogens is 1. The number of aromatic amines is 1. The molecule has 0 aliphatic rings. The summed E-state index contributed by atoms with van der Waals surface area (Å²) in [4.78, 5) is 19.0. The maximum Gasteiger partial charge on any atom is 0.272 e. The molecule has 0 aliphatic heterocycles. The number of methoxy groups -OCH3 is 1. The third kappa shape index (κ3) is 3.74. The Morgan fingerprint density at radius 2 is 2.08 bits per heavy atom. The second-order valence-electron chi connectivity index (χ2n) is 6.50. The normalized spacial score (nSPS) is 12.7. The SMILES string of the molecule is COc1ccccc1C[C@@H](C)N(C)Cc1cc(=O)n2[nH]c(C)cc2n1. The van der Waals surface area contributed by atoms with Gasteiger partial charge in [-0.25, -0.2) is 9.50 Å². The minimum atomic E-state index is -0.0844. The number of hydrogen-bond acceptors (Lipinski definition) is 4. The molecule has 3 aromatic rings. The average Bonchev–Trinajstić information content (AvgIpc) is 2.96. The molecule has 1 aromatic carbocycles. The van der Waals surface area contributed by atoms with E-state index in [-0.39, 0.29) is 11.6 Å². The Morgan fingerprint density at radius 1 is 1.32 bits per heavy atom. The van der Waals surface area contributed by atoms with Crippen LogP contribution in [0.25, 0.3) is 5.65 Å². The molecule has 2 aromatic heterocycles. The number of ether oxygens (including phenoxy) is 1. The lowest BCUT2D eigenvalue weighted by molar-refractivity contribution is 0.243. The third-order valence-corrected chi connectivity index (χ3v) is 4.50. The van der Waals surface area contributed by atoms with Gasteiger partial charge in [0.05, 0.1) is 12.8 Å². The topological polar surface area (TPSA) is 62.6 Å². The van der Waals surface area contributed by atoms with Crippen molar-refractivity contribution in [3.8, 4) is 5.75 Å². The molecule has 25 heavy (non-hydrogen) atoms. The highest BCUT2D eigenvalue weighted by atomic mass is 16.5. The van der Waals surface area contributed by atoms with E-state index < -0.39 is 0 Å². The van der Waals surface area contributed by atoms with Crippen LogP contribution in [0.15, 0.2) is 41.2 Å². The number of para-hydroxylation sites is 1. The monoisotopic (exact) mass is 340 g/mol. The number of nitrogens with zero attached hydrogens (tertiary/aromatic N) is 3. The molecule has 0 fully saturated rings. The zero-order valence-corrected chi connectivity index (χ0v) is 15.1. The molecule has 0 unspecified atom stereocenters. The second kappa shape index (κ2) is 7.11. The molecule has 3 rings (SSSR count). The highest BCUT2D eigenvalue weighted by Crippen LogP contribution is 2.20. The summed E-state index contributed by atoms with van der Waals surface area (Å²) < 4.78 is 6.90. The molecule has 6 nitrogen and oxygen atoms in total. The number of rotatable bonds is 6. The van der Waals surface area contributed by atoms with Gasteiger partial charge in [-0.1, -0.05) is 18.2 Å². The summed E-state index contributed by atoms with van der Waals surface area (Å²) in [6.07, 6.45) is 0.866. The molecule has 2 heterocycles. The van der Waals surface area contributed by atoms with Crippen molar-refractivity contribution in [1.82, 2.24) is 19.5 Å². The highest BCUT2D eigenvalue weighted by Gasteiger charge is 2.14. The second-order valence-corrected chi connectivity index (χ2v) is 6.50. The van der Waals surface area contributed by atoms with Gasteiger partial charge in [-0.2, -0.15) is 0 Å².